The molecule has 0 fully saturated rings. The van der Waals surface area contributed by atoms with E-state index < -0.39 is 11.9 Å². The minimum absolute atomic E-state index is 0.216. The van der Waals surface area contributed by atoms with E-state index in [-0.39, 0.29) is 12.8 Å². The molecule has 0 atom stereocenters. The second-order valence-electron chi connectivity index (χ2n) is 3.66. The standard InChI is InChI=1S/2C6H12O2.Al.H2O/c2*1-2-3-4-5-6(7)8;;/h2*2-5H2,1H3,(H,7,8);;1H2/q;;+3;/p-3. The van der Waals surface area contributed by atoms with Gasteiger partial charge in [-0.3, -0.25) is 0 Å². The summed E-state index contributed by atoms with van der Waals surface area (Å²) in [5.74, 6) is -1.86. The predicted molar refractivity (Wildman–Crippen MR) is 66.3 cm³/mol. The Morgan fingerprint density at radius 3 is 1.28 bits per heavy atom. The summed E-state index contributed by atoms with van der Waals surface area (Å²) in [4.78, 5) is 19.5. The number of carboxylic acids is 2. The fraction of sp³-hybridized carbons (Fsp3) is 0.833. The van der Waals surface area contributed by atoms with E-state index in [4.69, 9.17) is 4.16 Å². The third-order valence-electron chi connectivity index (χ3n) is 1.97. The van der Waals surface area contributed by atoms with Crippen molar-refractivity contribution in [2.24, 2.45) is 0 Å². The van der Waals surface area contributed by atoms with Crippen molar-refractivity contribution in [3.63, 3.8) is 0 Å². The van der Waals surface area contributed by atoms with E-state index >= 15 is 0 Å². The fourth-order valence-corrected chi connectivity index (χ4v) is 1.04. The van der Waals surface area contributed by atoms with E-state index in [1.165, 1.54) is 16.6 Å². The molecule has 0 amide bonds. The molecule has 0 aliphatic rings. The Labute approximate surface area is 118 Å². The van der Waals surface area contributed by atoms with Crippen LogP contribution in [0.1, 0.15) is 65.2 Å². The van der Waals surface area contributed by atoms with Crippen LogP contribution >= 0.6 is 0 Å². The monoisotopic (exact) mass is 274 g/mol. The second-order valence-corrected chi connectivity index (χ2v) is 3.66. The van der Waals surface area contributed by atoms with Crippen LogP contribution in [0.5, 0.6) is 0 Å². The van der Waals surface area contributed by atoms with Crippen molar-refractivity contribution < 1.29 is 24.0 Å². The van der Waals surface area contributed by atoms with Crippen molar-refractivity contribution >= 4 is 28.6 Å². The summed E-state index contributed by atoms with van der Waals surface area (Å²) < 4.78 is 6.92. The molecule has 0 spiro atoms. The van der Waals surface area contributed by atoms with Crippen LogP contribution in [-0.4, -0.2) is 32.7 Å². The molecular formula is C12H23AlO5. The molecule has 1 N–H and O–H groups in total. The molecule has 0 saturated carbocycles. The summed E-state index contributed by atoms with van der Waals surface area (Å²) >= 11 is 1.42. The fourth-order valence-electron chi connectivity index (χ4n) is 1.04. The molecule has 0 unspecified atom stereocenters. The van der Waals surface area contributed by atoms with Crippen LogP contribution < -0.4 is 10.2 Å². The van der Waals surface area contributed by atoms with Gasteiger partial charge in [-0.25, -0.2) is 0 Å². The second kappa shape index (κ2) is 21.7. The average Bonchev–Trinajstić information content (AvgIpc) is 2.32. The van der Waals surface area contributed by atoms with Gasteiger partial charge in [0.1, 0.15) is 0 Å². The van der Waals surface area contributed by atoms with Crippen molar-refractivity contribution in [2.75, 3.05) is 0 Å². The van der Waals surface area contributed by atoms with Gasteiger partial charge >= 0.3 is 20.8 Å². The third-order valence-corrected chi connectivity index (χ3v) is 1.97. The van der Waals surface area contributed by atoms with Gasteiger partial charge in [-0.05, 0) is 25.7 Å². The molecule has 0 radical (unpaired) electrons. The molecule has 18 heavy (non-hydrogen) atoms. The molecule has 0 saturated heterocycles. The number of carboxylic acid groups (broad SMARTS) is 2. The Kier molecular flexibility index (Phi) is 27.2. The van der Waals surface area contributed by atoms with Crippen LogP contribution in [0.4, 0.5) is 0 Å². The van der Waals surface area contributed by atoms with Crippen molar-refractivity contribution in [1.82, 2.24) is 0 Å². The molecule has 5 nitrogen and oxygen atoms in total. The van der Waals surface area contributed by atoms with Crippen LogP contribution in [0.3, 0.4) is 0 Å². The van der Waals surface area contributed by atoms with Gasteiger partial charge in [0, 0.05) is 11.9 Å². The zero-order chi connectivity index (χ0) is 14.8. The number of aliphatic carboxylic acids is 2. The quantitative estimate of drug-likeness (QED) is 0.483. The molecule has 0 rings (SSSR count). The molecular weight excluding hydrogens is 251 g/mol. The number of hydrogen-bond acceptors (Lipinski definition) is 5. The Balaban J connectivity index is -0.000000219. The maximum atomic E-state index is 9.76. The number of unbranched alkanes of at least 4 members (excludes halogenated alkanes) is 4. The van der Waals surface area contributed by atoms with Gasteiger partial charge in [0.25, 0.3) is 0 Å². The van der Waals surface area contributed by atoms with Gasteiger partial charge in [-0.2, -0.15) is 0 Å². The predicted octanol–water partition coefficient (Wildman–Crippen LogP) is -0.305. The van der Waals surface area contributed by atoms with Gasteiger partial charge < -0.3 is 19.8 Å². The van der Waals surface area contributed by atoms with Crippen LogP contribution in [-0.2, 0) is 9.59 Å². The molecule has 0 bridgehead atoms. The van der Waals surface area contributed by atoms with Gasteiger partial charge in [-0.15, -0.1) is 0 Å². The number of carbonyl (C=O) groups excluding carboxylic acids is 2. The summed E-state index contributed by atoms with van der Waals surface area (Å²) in [6, 6.07) is 0. The summed E-state index contributed by atoms with van der Waals surface area (Å²) in [5.41, 5.74) is 0. The summed E-state index contributed by atoms with van der Waals surface area (Å²) in [6.07, 6.45) is 6.07. The summed E-state index contributed by atoms with van der Waals surface area (Å²) in [7, 11) is 0. The van der Waals surface area contributed by atoms with E-state index in [1.807, 2.05) is 13.8 Å². The molecule has 0 heterocycles. The van der Waals surface area contributed by atoms with E-state index in [2.05, 4.69) is 0 Å². The summed E-state index contributed by atoms with van der Waals surface area (Å²) in [6.45, 7) is 4.07. The van der Waals surface area contributed by atoms with Crippen LogP contribution in [0.15, 0.2) is 0 Å². The van der Waals surface area contributed by atoms with Crippen molar-refractivity contribution in [3.8, 4) is 0 Å². The first-order chi connectivity index (χ1) is 8.54. The van der Waals surface area contributed by atoms with Crippen LogP contribution in [0.25, 0.3) is 0 Å². The number of rotatable bonds is 8. The Hall–Kier alpha value is -0.568. The van der Waals surface area contributed by atoms with E-state index in [0.717, 1.165) is 38.5 Å². The SMILES string of the molecule is CCCCCC(=O)[O-].CCCCCC(=O)[O-].[OH][Al+2]. The number of carbonyl (C=O) groups is 2. The third kappa shape index (κ3) is 36.1. The van der Waals surface area contributed by atoms with Crippen molar-refractivity contribution in [1.29, 1.82) is 0 Å². The first kappa shape index (κ1) is 22.6. The molecule has 6 heteroatoms. The van der Waals surface area contributed by atoms with Gasteiger partial charge in [0.05, 0.1) is 0 Å². The Morgan fingerprint density at radius 1 is 0.833 bits per heavy atom. The number of hydrogen-bond donors (Lipinski definition) is 1. The van der Waals surface area contributed by atoms with E-state index in [9.17, 15) is 19.8 Å². The molecule has 0 aromatic rings. The Morgan fingerprint density at radius 2 is 1.11 bits per heavy atom. The molecule has 0 aliphatic heterocycles. The topological polar surface area (TPSA) is 100 Å². The normalized spacial score (nSPS) is 8.50. The van der Waals surface area contributed by atoms with Gasteiger partial charge in [0.15, 0.2) is 0 Å². The summed E-state index contributed by atoms with van der Waals surface area (Å²) in [5, 5.41) is 19.5. The van der Waals surface area contributed by atoms with Crippen molar-refractivity contribution in [3.05, 3.63) is 0 Å². The van der Waals surface area contributed by atoms with Crippen LogP contribution in [0, 0.1) is 0 Å². The average molecular weight is 274 g/mol. The zero-order valence-electron chi connectivity index (χ0n) is 11.3. The van der Waals surface area contributed by atoms with Gasteiger partial charge in [0.2, 0.25) is 0 Å². The van der Waals surface area contributed by atoms with E-state index in [1.54, 1.807) is 0 Å². The molecule has 104 valence electrons. The maximum absolute atomic E-state index is 9.76. The zero-order valence-corrected chi connectivity index (χ0v) is 12.5. The molecule has 0 aromatic heterocycles. The van der Waals surface area contributed by atoms with E-state index in [0.29, 0.717) is 0 Å². The first-order valence-corrected chi connectivity index (χ1v) is 6.71. The molecule has 0 aromatic carbocycles. The molecule has 0 aliphatic carbocycles. The Bertz CT molecular complexity index is 165. The minimum atomic E-state index is -0.932. The van der Waals surface area contributed by atoms with Crippen LogP contribution in [0.2, 0.25) is 0 Å². The first-order valence-electron chi connectivity index (χ1n) is 6.20. The van der Waals surface area contributed by atoms with Crippen molar-refractivity contribution in [2.45, 2.75) is 65.2 Å². The van der Waals surface area contributed by atoms with Gasteiger partial charge in [-0.1, -0.05) is 39.5 Å².